The van der Waals surface area contributed by atoms with Crippen LogP contribution in [0.1, 0.15) is 90.4 Å². The Morgan fingerprint density at radius 3 is 2.31 bits per heavy atom. The molecule has 0 bridgehead atoms. The molecule has 11 heteroatoms. The van der Waals surface area contributed by atoms with Crippen molar-refractivity contribution in [2.45, 2.75) is 104 Å². The van der Waals surface area contributed by atoms with Crippen molar-refractivity contribution < 1.29 is 23.5 Å². The molecule has 1 saturated carbocycles. The van der Waals surface area contributed by atoms with Crippen LogP contribution in [-0.2, 0) is 4.74 Å². The molecule has 1 aromatic carbocycles. The smallest absolute Gasteiger partial charge is 0.407 e. The highest BCUT2D eigenvalue weighted by atomic mass is 19.1. The van der Waals surface area contributed by atoms with E-state index in [1.165, 1.54) is 24.4 Å². The zero-order valence-electron chi connectivity index (χ0n) is 28.2. The van der Waals surface area contributed by atoms with Gasteiger partial charge in [0.05, 0.1) is 11.8 Å². The molecule has 0 aromatic heterocycles. The number of piperidine rings is 1. The number of amidine groups is 1. The number of hydrogen-bond donors (Lipinski definition) is 2. The number of hydrogen-bond acceptors (Lipinski definition) is 7. The summed E-state index contributed by atoms with van der Waals surface area (Å²) in [7, 11) is 1.67. The summed E-state index contributed by atoms with van der Waals surface area (Å²) >= 11 is 0. The maximum absolute atomic E-state index is 14.3. The Hall–Kier alpha value is -3.47. The van der Waals surface area contributed by atoms with E-state index in [4.69, 9.17) is 9.47 Å². The second kappa shape index (κ2) is 16.7. The van der Waals surface area contributed by atoms with Crippen LogP contribution in [0.5, 0.6) is 5.75 Å². The van der Waals surface area contributed by atoms with Crippen LogP contribution in [0.25, 0.3) is 0 Å². The minimum absolute atomic E-state index is 0.0556. The topological polar surface area (TPSA) is 108 Å². The molecule has 0 atom stereocenters. The van der Waals surface area contributed by atoms with Crippen LogP contribution in [-0.4, -0.2) is 91.3 Å². The van der Waals surface area contributed by atoms with Crippen LogP contribution in [0.2, 0.25) is 0 Å². The van der Waals surface area contributed by atoms with Gasteiger partial charge in [0.15, 0.2) is 11.6 Å². The zero-order chi connectivity index (χ0) is 33.1. The van der Waals surface area contributed by atoms with Gasteiger partial charge in [0, 0.05) is 51.4 Å². The van der Waals surface area contributed by atoms with E-state index < -0.39 is 11.4 Å². The van der Waals surface area contributed by atoms with Gasteiger partial charge >= 0.3 is 6.09 Å². The van der Waals surface area contributed by atoms with Gasteiger partial charge in [0.2, 0.25) is 0 Å². The van der Waals surface area contributed by atoms with E-state index in [1.807, 2.05) is 41.5 Å². The molecule has 1 aromatic rings. The molecule has 0 radical (unpaired) electrons. The predicted molar refractivity (Wildman–Crippen MR) is 178 cm³/mol. The summed E-state index contributed by atoms with van der Waals surface area (Å²) < 4.78 is 25.9. The fourth-order valence-electron chi connectivity index (χ4n) is 6.02. The third-order valence-electron chi connectivity index (χ3n) is 8.29. The number of alkyl carbamates (subject to hydrolysis) is 1. The van der Waals surface area contributed by atoms with Crippen molar-refractivity contribution in [2.24, 2.45) is 15.9 Å². The second-order valence-corrected chi connectivity index (χ2v) is 13.3. The molecule has 1 heterocycles. The molecule has 1 saturated heterocycles. The van der Waals surface area contributed by atoms with Crippen molar-refractivity contribution in [3.8, 4) is 5.75 Å². The third-order valence-corrected chi connectivity index (χ3v) is 8.29. The molecule has 0 unspecified atom stereocenters. The quantitative estimate of drug-likeness (QED) is 0.183. The van der Waals surface area contributed by atoms with E-state index in [0.29, 0.717) is 24.1 Å². The van der Waals surface area contributed by atoms with Crippen molar-refractivity contribution in [3.63, 3.8) is 0 Å². The van der Waals surface area contributed by atoms with Crippen LogP contribution >= 0.6 is 0 Å². The van der Waals surface area contributed by atoms with Gasteiger partial charge in [-0.1, -0.05) is 0 Å². The van der Waals surface area contributed by atoms with Gasteiger partial charge in [-0.15, -0.1) is 0 Å². The summed E-state index contributed by atoms with van der Waals surface area (Å²) in [6.07, 6.45) is 7.12. The van der Waals surface area contributed by atoms with Gasteiger partial charge in [0.25, 0.3) is 5.91 Å². The molecule has 2 fully saturated rings. The van der Waals surface area contributed by atoms with E-state index in [-0.39, 0.29) is 41.4 Å². The fourth-order valence-corrected chi connectivity index (χ4v) is 6.02. The van der Waals surface area contributed by atoms with Crippen LogP contribution < -0.4 is 15.4 Å². The average Bonchev–Trinajstić information content (AvgIpc) is 2.97. The Morgan fingerprint density at radius 2 is 1.76 bits per heavy atom. The van der Waals surface area contributed by atoms with Crippen LogP contribution in [0, 0.1) is 11.7 Å². The predicted octanol–water partition coefficient (Wildman–Crippen LogP) is 5.78. The van der Waals surface area contributed by atoms with Crippen LogP contribution in [0.3, 0.4) is 0 Å². The summed E-state index contributed by atoms with van der Waals surface area (Å²) in [5, 5.41) is 6.54. The average molecular weight is 629 g/mol. The number of likely N-dealkylation sites (tertiary alicyclic amines) is 1. The molecule has 1 aliphatic heterocycles. The first kappa shape index (κ1) is 36.0. The molecule has 2 aliphatic rings. The number of nitrogens with zero attached hydrogens (tertiary/aromatic N) is 4. The molecular weight excluding hydrogens is 575 g/mol. The highest BCUT2D eigenvalue weighted by Gasteiger charge is 2.29. The number of benzene rings is 1. The monoisotopic (exact) mass is 628 g/mol. The number of ether oxygens (including phenoxy) is 2. The zero-order valence-corrected chi connectivity index (χ0v) is 28.2. The van der Waals surface area contributed by atoms with Gasteiger partial charge in [-0.3, -0.25) is 14.8 Å². The lowest BCUT2D eigenvalue weighted by molar-refractivity contribution is 0.0482. The number of nitrogens with one attached hydrogen (secondary N) is 2. The summed E-state index contributed by atoms with van der Waals surface area (Å²) in [5.41, 5.74) is -0.352. The molecule has 10 nitrogen and oxygen atoms in total. The third kappa shape index (κ3) is 11.1. The number of aliphatic imine (C=N–C) groups is 2. The van der Waals surface area contributed by atoms with Gasteiger partial charge < -0.3 is 29.9 Å². The Bertz CT molecular complexity index is 1210. The van der Waals surface area contributed by atoms with Crippen molar-refractivity contribution in [2.75, 3.05) is 33.2 Å². The number of rotatable bonds is 11. The molecule has 0 spiro atoms. The van der Waals surface area contributed by atoms with Crippen molar-refractivity contribution in [1.29, 1.82) is 0 Å². The van der Waals surface area contributed by atoms with E-state index in [2.05, 4.69) is 32.2 Å². The fraction of sp³-hybridized carbons (Fsp3) is 0.647. The number of halogens is 1. The molecule has 250 valence electrons. The summed E-state index contributed by atoms with van der Waals surface area (Å²) in [4.78, 5) is 38.0. The number of carbonyl (C=O) groups excluding carboxylic acids is 2. The van der Waals surface area contributed by atoms with Gasteiger partial charge in [-0.25, -0.2) is 9.18 Å². The SMILES string of the molecule is C=N/C=C(/Oc1ccc(F)cc1C(=O)N(CC)C(C)C)C(=NC)NC1CCN(CC2CCC(NC(=O)OC(C)(C)C)CC2)CC1. The number of carbonyl (C=O) groups is 2. The van der Waals surface area contributed by atoms with E-state index in [9.17, 15) is 14.0 Å². The molecule has 2 N–H and O–H groups in total. The van der Waals surface area contributed by atoms with Crippen molar-refractivity contribution in [1.82, 2.24) is 20.4 Å². The summed E-state index contributed by atoms with van der Waals surface area (Å²) in [6, 6.07) is 4.23. The maximum atomic E-state index is 14.3. The minimum Gasteiger partial charge on any atom is -0.451 e. The van der Waals surface area contributed by atoms with Gasteiger partial charge in [-0.2, -0.15) is 0 Å². The maximum Gasteiger partial charge on any atom is 0.407 e. The normalized spacial score (nSPS) is 20.5. The highest BCUT2D eigenvalue weighted by Crippen LogP contribution is 2.28. The van der Waals surface area contributed by atoms with Crippen molar-refractivity contribution >= 4 is 24.6 Å². The largest absolute Gasteiger partial charge is 0.451 e. The standard InChI is InChI=1S/C34H53FN6O4/c1-9-41(23(2)3)32(42)28-20-25(35)12-15-29(28)44-30(21-36-7)31(37-8)38-27-16-18-40(19-17-27)22-24-10-13-26(14-11-24)39-33(43)45-34(4,5)6/h12,15,20-21,23-24,26-27H,7,9-11,13-14,16-19,22H2,1-6,8H3,(H,37,38)(H,39,43)/b30-21+. The number of amides is 2. The Kier molecular flexibility index (Phi) is 13.4. The minimum atomic E-state index is -0.516. The molecule has 45 heavy (non-hydrogen) atoms. The lowest BCUT2D eigenvalue weighted by Crippen LogP contribution is -2.47. The first-order valence-electron chi connectivity index (χ1n) is 16.2. The van der Waals surface area contributed by atoms with Crippen molar-refractivity contribution in [3.05, 3.63) is 41.5 Å². The molecule has 1 aliphatic carbocycles. The molecular formula is C34H53FN6O4. The first-order valence-corrected chi connectivity index (χ1v) is 16.2. The summed E-state index contributed by atoms with van der Waals surface area (Å²) in [5.74, 6) is 0.820. The van der Waals surface area contributed by atoms with Crippen LogP contribution in [0.4, 0.5) is 9.18 Å². The van der Waals surface area contributed by atoms with Gasteiger partial charge in [-0.05, 0) is 111 Å². The Balaban J connectivity index is 1.54. The molecule has 2 amide bonds. The van der Waals surface area contributed by atoms with E-state index in [1.54, 1.807) is 11.9 Å². The van der Waals surface area contributed by atoms with Crippen LogP contribution in [0.15, 0.2) is 40.1 Å². The van der Waals surface area contributed by atoms with E-state index in [0.717, 1.165) is 58.2 Å². The van der Waals surface area contributed by atoms with Gasteiger partial charge in [0.1, 0.15) is 17.2 Å². The Labute approximate surface area is 268 Å². The van der Waals surface area contributed by atoms with E-state index >= 15 is 0 Å². The first-order chi connectivity index (χ1) is 21.3. The second-order valence-electron chi connectivity index (χ2n) is 13.3. The summed E-state index contributed by atoms with van der Waals surface area (Å²) in [6.45, 7) is 18.4. The highest BCUT2D eigenvalue weighted by molar-refractivity contribution is 5.99. The lowest BCUT2D eigenvalue weighted by Gasteiger charge is -2.37. The Morgan fingerprint density at radius 1 is 1.11 bits per heavy atom. The lowest BCUT2D eigenvalue weighted by atomic mass is 9.85. The molecule has 3 rings (SSSR count).